The fourth-order valence-corrected chi connectivity index (χ4v) is 2.44. The van der Waals surface area contributed by atoms with E-state index in [1.807, 2.05) is 37.3 Å². The van der Waals surface area contributed by atoms with Crippen molar-refractivity contribution in [2.24, 2.45) is 0 Å². The highest BCUT2D eigenvalue weighted by atomic mass is 35.5. The first kappa shape index (κ1) is 19.7. The van der Waals surface area contributed by atoms with Gasteiger partial charge in [-0.05, 0) is 36.2 Å². The van der Waals surface area contributed by atoms with E-state index in [-0.39, 0.29) is 25.0 Å². The molecule has 0 saturated carbocycles. The number of nitrogens with zero attached hydrogens (tertiary/aromatic N) is 2. The minimum Gasteiger partial charge on any atom is -0.464 e. The molecule has 1 aromatic heterocycles. The highest BCUT2D eigenvalue weighted by Gasteiger charge is 2.11. The van der Waals surface area contributed by atoms with Crippen LogP contribution in [0, 0.1) is 6.92 Å². The Hall–Kier alpha value is -2.60. The number of likely N-dealkylation sites (N-methyl/N-ethyl adjacent to an activating group) is 1. The second-order valence-electron chi connectivity index (χ2n) is 5.89. The first-order valence-corrected chi connectivity index (χ1v) is 8.63. The maximum Gasteiger partial charge on any atom is 0.317 e. The number of pyridine rings is 1. The molecule has 1 N–H and O–H groups in total. The Morgan fingerprint density at radius 2 is 2.04 bits per heavy atom. The van der Waals surface area contributed by atoms with E-state index >= 15 is 0 Å². The molecule has 26 heavy (non-hydrogen) atoms. The Kier molecular flexibility index (Phi) is 7.41. The second kappa shape index (κ2) is 9.77. The summed E-state index contributed by atoms with van der Waals surface area (Å²) >= 11 is 6.05. The van der Waals surface area contributed by atoms with E-state index in [0.717, 1.165) is 11.1 Å². The predicted molar refractivity (Wildman–Crippen MR) is 100.0 cm³/mol. The maximum absolute atomic E-state index is 12.1. The molecular formula is C19H22ClN3O3. The van der Waals surface area contributed by atoms with Crippen LogP contribution >= 0.6 is 11.6 Å². The zero-order valence-corrected chi connectivity index (χ0v) is 15.6. The summed E-state index contributed by atoms with van der Waals surface area (Å²) in [5.41, 5.74) is 2.55. The van der Waals surface area contributed by atoms with Crippen molar-refractivity contribution in [3.05, 3.63) is 64.4 Å². The molecule has 138 valence electrons. The van der Waals surface area contributed by atoms with Gasteiger partial charge in [0, 0.05) is 24.8 Å². The summed E-state index contributed by atoms with van der Waals surface area (Å²) in [6, 6.07) is 10.8. The molecule has 0 atom stereocenters. The molecule has 2 rings (SSSR count). The number of amides is 2. The number of halogens is 1. The monoisotopic (exact) mass is 375 g/mol. The van der Waals surface area contributed by atoms with Crippen molar-refractivity contribution in [2.75, 3.05) is 20.2 Å². The van der Waals surface area contributed by atoms with Gasteiger partial charge >= 0.3 is 12.0 Å². The Bertz CT molecular complexity index is 767. The normalized spacial score (nSPS) is 10.3. The summed E-state index contributed by atoms with van der Waals surface area (Å²) in [5.74, 6) is -0.368. The molecule has 6 nitrogen and oxygen atoms in total. The number of ether oxygens (including phenoxy) is 1. The molecule has 0 aliphatic carbocycles. The van der Waals surface area contributed by atoms with Crippen molar-refractivity contribution in [3.8, 4) is 0 Å². The SMILES string of the molecule is Cc1ccnc(CC(=O)OCCN(C)C(=O)NCc2ccccc2Cl)c1. The Morgan fingerprint density at radius 3 is 2.77 bits per heavy atom. The number of rotatable bonds is 7. The van der Waals surface area contributed by atoms with Crippen LogP contribution in [0.4, 0.5) is 4.79 Å². The highest BCUT2D eigenvalue weighted by molar-refractivity contribution is 6.31. The minimum atomic E-state index is -0.368. The van der Waals surface area contributed by atoms with Crippen molar-refractivity contribution in [1.29, 1.82) is 0 Å². The summed E-state index contributed by atoms with van der Waals surface area (Å²) in [6.07, 6.45) is 1.78. The van der Waals surface area contributed by atoms with Gasteiger partial charge in [0.15, 0.2) is 0 Å². The van der Waals surface area contributed by atoms with Crippen LogP contribution < -0.4 is 5.32 Å². The average molecular weight is 376 g/mol. The molecule has 0 radical (unpaired) electrons. The van der Waals surface area contributed by atoms with E-state index in [0.29, 0.717) is 23.8 Å². The molecule has 0 bridgehead atoms. The third-order valence-corrected chi connectivity index (χ3v) is 4.09. The number of urea groups is 1. The van der Waals surface area contributed by atoms with Gasteiger partial charge in [-0.15, -0.1) is 0 Å². The summed E-state index contributed by atoms with van der Waals surface area (Å²) < 4.78 is 5.17. The van der Waals surface area contributed by atoms with Crippen molar-refractivity contribution < 1.29 is 14.3 Å². The van der Waals surface area contributed by atoms with E-state index in [1.54, 1.807) is 19.3 Å². The van der Waals surface area contributed by atoms with Crippen molar-refractivity contribution in [1.82, 2.24) is 15.2 Å². The zero-order valence-electron chi connectivity index (χ0n) is 14.9. The third-order valence-electron chi connectivity index (χ3n) is 3.72. The van der Waals surface area contributed by atoms with Crippen LogP contribution in [0.5, 0.6) is 0 Å². The lowest BCUT2D eigenvalue weighted by Gasteiger charge is -2.18. The molecule has 1 heterocycles. The average Bonchev–Trinajstić information content (AvgIpc) is 2.60. The number of benzene rings is 1. The molecule has 0 unspecified atom stereocenters. The fourth-order valence-electron chi connectivity index (χ4n) is 2.24. The minimum absolute atomic E-state index is 0.115. The fraction of sp³-hybridized carbons (Fsp3) is 0.316. The van der Waals surface area contributed by atoms with Crippen LogP contribution in [-0.2, 0) is 22.5 Å². The number of carbonyl (C=O) groups excluding carboxylic acids is 2. The molecule has 0 aliphatic rings. The maximum atomic E-state index is 12.1. The van der Waals surface area contributed by atoms with Crippen molar-refractivity contribution in [2.45, 2.75) is 19.9 Å². The summed E-state index contributed by atoms with van der Waals surface area (Å²) in [5, 5.41) is 3.38. The number of aryl methyl sites for hydroxylation is 1. The lowest BCUT2D eigenvalue weighted by atomic mass is 10.2. The van der Waals surface area contributed by atoms with E-state index in [4.69, 9.17) is 16.3 Å². The molecule has 2 aromatic rings. The van der Waals surface area contributed by atoms with Gasteiger partial charge in [-0.1, -0.05) is 29.8 Å². The van der Waals surface area contributed by atoms with Gasteiger partial charge in [-0.25, -0.2) is 4.79 Å². The van der Waals surface area contributed by atoms with E-state index in [9.17, 15) is 9.59 Å². The quantitative estimate of drug-likeness (QED) is 0.755. The van der Waals surface area contributed by atoms with Crippen LogP contribution in [0.3, 0.4) is 0 Å². The lowest BCUT2D eigenvalue weighted by molar-refractivity contribution is -0.143. The topological polar surface area (TPSA) is 71.5 Å². The van der Waals surface area contributed by atoms with Crippen molar-refractivity contribution >= 4 is 23.6 Å². The Morgan fingerprint density at radius 1 is 1.27 bits per heavy atom. The second-order valence-corrected chi connectivity index (χ2v) is 6.30. The lowest BCUT2D eigenvalue weighted by Crippen LogP contribution is -2.39. The number of nitrogens with one attached hydrogen (secondary N) is 1. The Labute approximate surface area is 158 Å². The van der Waals surface area contributed by atoms with Gasteiger partial charge in [0.25, 0.3) is 0 Å². The number of esters is 1. The van der Waals surface area contributed by atoms with Gasteiger partial charge in [-0.3, -0.25) is 9.78 Å². The number of hydrogen-bond acceptors (Lipinski definition) is 4. The van der Waals surface area contributed by atoms with E-state index in [1.165, 1.54) is 4.90 Å². The van der Waals surface area contributed by atoms with Gasteiger partial charge in [0.2, 0.25) is 0 Å². The standard InChI is InChI=1S/C19H22ClN3O3/c1-14-7-8-21-16(11-14)12-18(24)26-10-9-23(2)19(25)22-13-15-5-3-4-6-17(15)20/h3-8,11H,9-10,12-13H2,1-2H3,(H,22,25). The summed E-state index contributed by atoms with van der Waals surface area (Å²) in [7, 11) is 1.64. The third kappa shape index (κ3) is 6.37. The molecular weight excluding hydrogens is 354 g/mol. The summed E-state index contributed by atoms with van der Waals surface area (Å²) in [4.78, 5) is 29.5. The van der Waals surface area contributed by atoms with E-state index < -0.39 is 0 Å². The van der Waals surface area contributed by atoms with Gasteiger partial charge in [0.1, 0.15) is 6.61 Å². The number of hydrogen-bond donors (Lipinski definition) is 1. The molecule has 0 aliphatic heterocycles. The van der Waals surface area contributed by atoms with Crippen LogP contribution in [0.25, 0.3) is 0 Å². The largest absolute Gasteiger partial charge is 0.464 e. The van der Waals surface area contributed by atoms with Crippen LogP contribution in [0.2, 0.25) is 5.02 Å². The van der Waals surface area contributed by atoms with Crippen molar-refractivity contribution in [3.63, 3.8) is 0 Å². The van der Waals surface area contributed by atoms with Gasteiger partial charge in [-0.2, -0.15) is 0 Å². The molecule has 0 saturated heterocycles. The number of aromatic nitrogens is 1. The van der Waals surface area contributed by atoms with Crippen LogP contribution in [0.1, 0.15) is 16.8 Å². The van der Waals surface area contributed by atoms with Crippen LogP contribution in [0.15, 0.2) is 42.6 Å². The first-order chi connectivity index (χ1) is 12.5. The zero-order chi connectivity index (χ0) is 18.9. The molecule has 7 heteroatoms. The van der Waals surface area contributed by atoms with Crippen LogP contribution in [-0.4, -0.2) is 42.1 Å². The predicted octanol–water partition coefficient (Wildman–Crippen LogP) is 2.97. The number of carbonyl (C=O) groups is 2. The van der Waals surface area contributed by atoms with Gasteiger partial charge < -0.3 is 15.0 Å². The van der Waals surface area contributed by atoms with Gasteiger partial charge in [0.05, 0.1) is 18.7 Å². The molecule has 0 fully saturated rings. The molecule has 0 spiro atoms. The first-order valence-electron chi connectivity index (χ1n) is 8.25. The smallest absolute Gasteiger partial charge is 0.317 e. The van der Waals surface area contributed by atoms with E-state index in [2.05, 4.69) is 10.3 Å². The molecule has 1 aromatic carbocycles. The molecule has 2 amide bonds. The highest BCUT2D eigenvalue weighted by Crippen LogP contribution is 2.14. The Balaban J connectivity index is 1.69. The summed E-state index contributed by atoms with van der Waals surface area (Å²) in [6.45, 7) is 2.69.